The lowest BCUT2D eigenvalue weighted by atomic mass is 9.61. The summed E-state index contributed by atoms with van der Waals surface area (Å²) in [4.78, 5) is 22.2. The third-order valence-electron chi connectivity index (χ3n) is 3.95. The van der Waals surface area contributed by atoms with Crippen LogP contribution >= 0.6 is 0 Å². The quantitative estimate of drug-likeness (QED) is 0.704. The lowest BCUT2D eigenvalue weighted by Gasteiger charge is -2.53. The first-order valence-electron chi connectivity index (χ1n) is 6.26. The summed E-state index contributed by atoms with van der Waals surface area (Å²) < 4.78 is 10.3. The van der Waals surface area contributed by atoms with Gasteiger partial charge in [0.05, 0.1) is 6.10 Å². The van der Waals surface area contributed by atoms with E-state index >= 15 is 0 Å². The molecule has 110 valence electrons. The highest BCUT2D eigenvalue weighted by atomic mass is 16.6. The maximum atomic E-state index is 11.2. The molecular formula is C12H22N2O5. The molecule has 0 aliphatic heterocycles. The molecule has 7 nitrogen and oxygen atoms in total. The molecule has 7 heteroatoms. The molecule has 19 heavy (non-hydrogen) atoms. The highest BCUT2D eigenvalue weighted by Crippen LogP contribution is 2.49. The minimum absolute atomic E-state index is 0.449. The Morgan fingerprint density at radius 2 is 1.89 bits per heavy atom. The summed E-state index contributed by atoms with van der Waals surface area (Å²) in [5, 5.41) is 10.1. The van der Waals surface area contributed by atoms with E-state index in [9.17, 15) is 14.7 Å². The zero-order chi connectivity index (χ0) is 14.8. The van der Waals surface area contributed by atoms with E-state index < -0.39 is 35.4 Å². The van der Waals surface area contributed by atoms with E-state index in [0.29, 0.717) is 12.8 Å². The van der Waals surface area contributed by atoms with E-state index in [4.69, 9.17) is 20.9 Å². The fraction of sp³-hybridized carbons (Fsp3) is 0.833. The number of carbonyl (C=O) groups is 2. The monoisotopic (exact) mass is 274 g/mol. The van der Waals surface area contributed by atoms with Crippen LogP contribution in [0.25, 0.3) is 0 Å². The molecule has 1 aliphatic carbocycles. The Bertz CT molecular complexity index is 369. The van der Waals surface area contributed by atoms with Crippen LogP contribution in [0.15, 0.2) is 0 Å². The van der Waals surface area contributed by atoms with Crippen LogP contribution < -0.4 is 11.5 Å². The van der Waals surface area contributed by atoms with Crippen molar-refractivity contribution in [2.75, 3.05) is 0 Å². The third-order valence-corrected chi connectivity index (χ3v) is 3.95. The van der Waals surface area contributed by atoms with Gasteiger partial charge in [0.1, 0.15) is 6.10 Å². The molecule has 1 fully saturated rings. The van der Waals surface area contributed by atoms with Crippen LogP contribution in [-0.2, 0) is 9.47 Å². The number of hydrogen-bond donors (Lipinski definition) is 3. The van der Waals surface area contributed by atoms with Crippen LogP contribution in [0.5, 0.6) is 0 Å². The van der Waals surface area contributed by atoms with Crippen LogP contribution in [0.4, 0.5) is 9.59 Å². The van der Waals surface area contributed by atoms with E-state index in [1.54, 1.807) is 0 Å². The number of hydrogen-bond acceptors (Lipinski definition) is 5. The van der Waals surface area contributed by atoms with E-state index in [0.717, 1.165) is 6.42 Å². The Labute approximate surface area is 112 Å². The molecule has 0 aromatic carbocycles. The average Bonchev–Trinajstić information content (AvgIpc) is 2.21. The summed E-state index contributed by atoms with van der Waals surface area (Å²) in [5.74, 6) is 0. The summed E-state index contributed by atoms with van der Waals surface area (Å²) in [7, 11) is 0. The van der Waals surface area contributed by atoms with E-state index in [2.05, 4.69) is 0 Å². The zero-order valence-corrected chi connectivity index (χ0v) is 11.5. The van der Waals surface area contributed by atoms with Crippen molar-refractivity contribution in [1.29, 1.82) is 0 Å². The molecule has 0 aromatic heterocycles. The van der Waals surface area contributed by atoms with Gasteiger partial charge in [-0.1, -0.05) is 13.8 Å². The van der Waals surface area contributed by atoms with Crippen molar-refractivity contribution in [3.8, 4) is 0 Å². The molecule has 0 spiro atoms. The number of carbonyl (C=O) groups excluding carboxylic acids is 2. The first kappa shape index (κ1) is 15.6. The minimum Gasteiger partial charge on any atom is -0.442 e. The van der Waals surface area contributed by atoms with Gasteiger partial charge < -0.3 is 26.0 Å². The highest BCUT2D eigenvalue weighted by molar-refractivity contribution is 5.67. The summed E-state index contributed by atoms with van der Waals surface area (Å²) in [5.41, 5.74) is 8.17. The first-order chi connectivity index (χ1) is 8.63. The Morgan fingerprint density at radius 1 is 1.32 bits per heavy atom. The van der Waals surface area contributed by atoms with Crippen molar-refractivity contribution in [3.05, 3.63) is 0 Å². The minimum atomic E-state index is -1.40. The van der Waals surface area contributed by atoms with Crippen molar-refractivity contribution in [3.63, 3.8) is 0 Å². The summed E-state index contributed by atoms with van der Waals surface area (Å²) in [6.07, 6.45) is -1.95. The molecule has 3 atom stereocenters. The number of amides is 2. The van der Waals surface area contributed by atoms with Gasteiger partial charge in [0.25, 0.3) is 0 Å². The molecular weight excluding hydrogens is 252 g/mol. The van der Waals surface area contributed by atoms with E-state index in [-0.39, 0.29) is 0 Å². The van der Waals surface area contributed by atoms with Crippen molar-refractivity contribution < 1.29 is 24.2 Å². The van der Waals surface area contributed by atoms with Gasteiger partial charge in [-0.3, -0.25) is 0 Å². The van der Waals surface area contributed by atoms with Crippen LogP contribution in [0.3, 0.4) is 0 Å². The number of ether oxygens (including phenoxy) is 2. The Hall–Kier alpha value is -1.50. The SMILES string of the molecule is CC(O)C1(OC(N)=O)C(OC(N)=O)CCCC1(C)C. The average molecular weight is 274 g/mol. The van der Waals surface area contributed by atoms with Gasteiger partial charge in [0, 0.05) is 5.41 Å². The summed E-state index contributed by atoms with van der Waals surface area (Å²) in [6, 6.07) is 0. The van der Waals surface area contributed by atoms with Crippen molar-refractivity contribution in [2.45, 2.75) is 57.8 Å². The number of nitrogens with two attached hydrogens (primary N) is 2. The largest absolute Gasteiger partial charge is 0.442 e. The van der Waals surface area contributed by atoms with E-state index in [1.165, 1.54) is 6.92 Å². The fourth-order valence-electron chi connectivity index (χ4n) is 3.15. The molecule has 3 unspecified atom stereocenters. The maximum Gasteiger partial charge on any atom is 0.405 e. The standard InChI is InChI=1S/C12H22N2O5/c1-7(15)12(19-10(14)17)8(18-9(13)16)5-4-6-11(12,2)3/h7-8,15H,4-6H2,1-3H3,(H2,13,16)(H2,14,17). The third kappa shape index (κ3) is 2.75. The smallest absolute Gasteiger partial charge is 0.405 e. The lowest BCUT2D eigenvalue weighted by molar-refractivity contribution is -0.215. The number of aliphatic hydroxyl groups excluding tert-OH is 1. The van der Waals surface area contributed by atoms with Crippen LogP contribution in [0.1, 0.15) is 40.0 Å². The van der Waals surface area contributed by atoms with Crippen LogP contribution in [-0.4, -0.2) is 35.1 Å². The summed E-state index contributed by atoms with van der Waals surface area (Å²) >= 11 is 0. The zero-order valence-electron chi connectivity index (χ0n) is 11.5. The van der Waals surface area contributed by atoms with Gasteiger partial charge in [-0.05, 0) is 26.2 Å². The Balaban J connectivity index is 3.25. The second-order valence-corrected chi connectivity index (χ2v) is 5.59. The van der Waals surface area contributed by atoms with Gasteiger partial charge in [0.2, 0.25) is 0 Å². The van der Waals surface area contributed by atoms with Crippen LogP contribution in [0.2, 0.25) is 0 Å². The van der Waals surface area contributed by atoms with Crippen LogP contribution in [0, 0.1) is 5.41 Å². The normalized spacial score (nSPS) is 31.3. The molecule has 0 radical (unpaired) electrons. The van der Waals surface area contributed by atoms with Crippen molar-refractivity contribution in [1.82, 2.24) is 0 Å². The van der Waals surface area contributed by atoms with Gasteiger partial charge in [-0.2, -0.15) is 0 Å². The van der Waals surface area contributed by atoms with Crippen molar-refractivity contribution >= 4 is 12.2 Å². The molecule has 1 aliphatic rings. The molecule has 0 heterocycles. The number of aliphatic hydroxyl groups is 1. The molecule has 0 saturated heterocycles. The Morgan fingerprint density at radius 3 is 2.32 bits per heavy atom. The second kappa shape index (κ2) is 5.24. The molecule has 2 amide bonds. The second-order valence-electron chi connectivity index (χ2n) is 5.59. The van der Waals surface area contributed by atoms with E-state index in [1.807, 2.05) is 13.8 Å². The highest BCUT2D eigenvalue weighted by Gasteiger charge is 2.60. The van der Waals surface area contributed by atoms with Crippen molar-refractivity contribution in [2.24, 2.45) is 16.9 Å². The topological polar surface area (TPSA) is 125 Å². The molecule has 1 saturated carbocycles. The molecule has 5 N–H and O–H groups in total. The predicted molar refractivity (Wildman–Crippen MR) is 67.2 cm³/mol. The molecule has 1 rings (SSSR count). The van der Waals surface area contributed by atoms with Gasteiger partial charge in [0.15, 0.2) is 5.60 Å². The maximum absolute atomic E-state index is 11.2. The number of rotatable bonds is 3. The lowest BCUT2D eigenvalue weighted by Crippen LogP contribution is -2.66. The van der Waals surface area contributed by atoms with Gasteiger partial charge >= 0.3 is 12.2 Å². The molecule has 0 aromatic rings. The van der Waals surface area contributed by atoms with Gasteiger partial charge in [-0.25, -0.2) is 9.59 Å². The number of primary amides is 2. The predicted octanol–water partition coefficient (Wildman–Crippen LogP) is 0.875. The fourth-order valence-corrected chi connectivity index (χ4v) is 3.15. The summed E-state index contributed by atoms with van der Waals surface area (Å²) in [6.45, 7) is 5.14. The van der Waals surface area contributed by atoms with Gasteiger partial charge in [-0.15, -0.1) is 0 Å². The Kier molecular flexibility index (Phi) is 4.29. The molecule has 0 bridgehead atoms. The first-order valence-corrected chi connectivity index (χ1v) is 6.26.